The molecule has 0 aliphatic carbocycles. The molecular weight excluding hydrogens is 226 g/mol. The van der Waals surface area contributed by atoms with Crippen LogP contribution in [0, 0.1) is 0 Å². The number of hydrogen-bond donors (Lipinski definition) is 1. The Morgan fingerprint density at radius 2 is 1.24 bits per heavy atom. The molecule has 0 radical (unpaired) electrons. The van der Waals surface area contributed by atoms with Gasteiger partial charge in [-0.2, -0.15) is 0 Å². The van der Waals surface area contributed by atoms with Gasteiger partial charge in [0.25, 0.3) is 0 Å². The largest absolute Gasteiger partial charge is 0.315 e. The third-order valence-corrected chi connectivity index (χ3v) is 4.76. The first-order chi connectivity index (χ1) is 7.89. The van der Waals surface area contributed by atoms with Crippen molar-refractivity contribution < 1.29 is 0 Å². The predicted octanol–water partition coefficient (Wildman–Crippen LogP) is 1.85. The van der Waals surface area contributed by atoms with E-state index in [1.54, 1.807) is 0 Å². The standard InChI is InChI=1S/C13H33N3Si/c1-8-15(9-2)12(16(10-3)11-4)14-17-13(5,6)7/h12,14H,8-11,17H2,1-7H3. The fraction of sp³-hybridized carbons (Fsp3) is 1.00. The maximum atomic E-state index is 3.85. The molecule has 0 aromatic rings. The van der Waals surface area contributed by atoms with Crippen molar-refractivity contribution >= 4 is 9.68 Å². The van der Waals surface area contributed by atoms with Crippen LogP contribution in [0.4, 0.5) is 0 Å². The summed E-state index contributed by atoms with van der Waals surface area (Å²) in [4.78, 5) is 8.89. The Morgan fingerprint density at radius 1 is 0.882 bits per heavy atom. The lowest BCUT2D eigenvalue weighted by atomic mass is 10.3. The molecule has 0 atom stereocenters. The molecule has 0 rings (SSSR count). The predicted molar refractivity (Wildman–Crippen MR) is 81.0 cm³/mol. The Balaban J connectivity index is 4.59. The van der Waals surface area contributed by atoms with Crippen LogP contribution < -0.4 is 4.98 Å². The molecule has 104 valence electrons. The van der Waals surface area contributed by atoms with E-state index in [0.29, 0.717) is 11.3 Å². The monoisotopic (exact) mass is 259 g/mol. The summed E-state index contributed by atoms with van der Waals surface area (Å²) in [5, 5.41) is 0.471. The van der Waals surface area contributed by atoms with E-state index < -0.39 is 0 Å². The molecule has 0 saturated carbocycles. The maximum Gasteiger partial charge on any atom is 0.110 e. The Hall–Kier alpha value is 0.0969. The van der Waals surface area contributed by atoms with Crippen molar-refractivity contribution in [1.82, 2.24) is 14.8 Å². The minimum absolute atomic E-state index is 0.254. The lowest BCUT2D eigenvalue weighted by Crippen LogP contribution is -2.58. The summed E-state index contributed by atoms with van der Waals surface area (Å²) >= 11 is 0. The molecule has 0 spiro atoms. The van der Waals surface area contributed by atoms with Crippen LogP contribution in [0.25, 0.3) is 0 Å². The highest BCUT2D eigenvalue weighted by Gasteiger charge is 2.22. The molecule has 0 aromatic carbocycles. The van der Waals surface area contributed by atoms with E-state index in [1.165, 1.54) is 0 Å². The molecule has 0 saturated heterocycles. The summed E-state index contributed by atoms with van der Waals surface area (Å²) in [6, 6.07) is 0. The van der Waals surface area contributed by atoms with Crippen LogP contribution in [0.2, 0.25) is 5.04 Å². The fourth-order valence-corrected chi connectivity index (χ4v) is 3.34. The van der Waals surface area contributed by atoms with Crippen LogP contribution in [0.15, 0.2) is 0 Å². The van der Waals surface area contributed by atoms with Gasteiger partial charge in [0, 0.05) is 0 Å². The smallest absolute Gasteiger partial charge is 0.110 e. The minimum Gasteiger partial charge on any atom is -0.315 e. The van der Waals surface area contributed by atoms with Crippen molar-refractivity contribution in [2.75, 3.05) is 26.2 Å². The molecule has 0 aliphatic heterocycles. The summed E-state index contributed by atoms with van der Waals surface area (Å²) in [6.07, 6.45) is 0.436. The van der Waals surface area contributed by atoms with Crippen molar-refractivity contribution in [2.24, 2.45) is 0 Å². The zero-order valence-electron chi connectivity index (χ0n) is 13.0. The maximum absolute atomic E-state index is 3.85. The number of rotatable bonds is 8. The number of nitrogens with one attached hydrogen (secondary N) is 1. The van der Waals surface area contributed by atoms with Crippen LogP contribution in [0.5, 0.6) is 0 Å². The van der Waals surface area contributed by atoms with E-state index in [0.717, 1.165) is 26.2 Å². The zero-order chi connectivity index (χ0) is 13.5. The Labute approximate surface area is 111 Å². The first kappa shape index (κ1) is 17.1. The summed E-state index contributed by atoms with van der Waals surface area (Å²) in [6.45, 7) is 20.5. The Kier molecular flexibility index (Phi) is 8.29. The van der Waals surface area contributed by atoms with E-state index in [2.05, 4.69) is 63.2 Å². The van der Waals surface area contributed by atoms with Crippen LogP contribution >= 0.6 is 0 Å². The summed E-state index contributed by atoms with van der Waals surface area (Å²) < 4.78 is 0. The van der Waals surface area contributed by atoms with Gasteiger partial charge in [0.2, 0.25) is 0 Å². The molecule has 0 unspecified atom stereocenters. The molecule has 0 bridgehead atoms. The normalized spacial score (nSPS) is 13.8. The third kappa shape index (κ3) is 6.55. The van der Waals surface area contributed by atoms with Gasteiger partial charge >= 0.3 is 0 Å². The first-order valence-corrected chi connectivity index (χ1v) is 8.52. The third-order valence-electron chi connectivity index (χ3n) is 3.13. The molecule has 0 aromatic heterocycles. The molecule has 0 aliphatic rings. The molecule has 0 amide bonds. The first-order valence-electron chi connectivity index (χ1n) is 7.11. The van der Waals surface area contributed by atoms with E-state index >= 15 is 0 Å². The highest BCUT2D eigenvalue weighted by molar-refractivity contribution is 6.36. The van der Waals surface area contributed by atoms with Crippen molar-refractivity contribution in [3.05, 3.63) is 0 Å². The van der Waals surface area contributed by atoms with Crippen LogP contribution in [-0.4, -0.2) is 51.9 Å². The van der Waals surface area contributed by atoms with E-state index in [9.17, 15) is 0 Å². The second-order valence-electron chi connectivity index (χ2n) is 5.76. The van der Waals surface area contributed by atoms with Crippen molar-refractivity contribution in [2.45, 2.75) is 59.8 Å². The second kappa shape index (κ2) is 8.24. The van der Waals surface area contributed by atoms with Gasteiger partial charge in [0.1, 0.15) is 16.0 Å². The van der Waals surface area contributed by atoms with E-state index in [4.69, 9.17) is 0 Å². The van der Waals surface area contributed by atoms with Gasteiger partial charge in [-0.25, -0.2) is 0 Å². The lowest BCUT2D eigenvalue weighted by Gasteiger charge is -2.39. The van der Waals surface area contributed by atoms with Gasteiger partial charge in [-0.1, -0.05) is 48.5 Å². The molecule has 0 heterocycles. The molecular formula is C13H33N3Si. The summed E-state index contributed by atoms with van der Waals surface area (Å²) in [5.41, 5.74) is 0. The fourth-order valence-electron chi connectivity index (χ4n) is 2.03. The average molecular weight is 260 g/mol. The van der Waals surface area contributed by atoms with Crippen molar-refractivity contribution in [3.63, 3.8) is 0 Å². The molecule has 4 heteroatoms. The topological polar surface area (TPSA) is 18.5 Å². The SMILES string of the molecule is CCN(CC)C(N[SiH2]C(C)(C)C)N(CC)CC. The lowest BCUT2D eigenvalue weighted by molar-refractivity contribution is 0.0473. The Bertz CT molecular complexity index is 172. The van der Waals surface area contributed by atoms with Gasteiger partial charge < -0.3 is 4.98 Å². The number of nitrogens with zero attached hydrogens (tertiary/aromatic N) is 2. The van der Waals surface area contributed by atoms with Gasteiger partial charge in [-0.3, -0.25) is 9.80 Å². The molecule has 3 nitrogen and oxygen atoms in total. The van der Waals surface area contributed by atoms with Crippen molar-refractivity contribution in [3.8, 4) is 0 Å². The molecule has 1 N–H and O–H groups in total. The molecule has 0 fully saturated rings. The summed E-state index contributed by atoms with van der Waals surface area (Å²) in [7, 11) is -0.254. The van der Waals surface area contributed by atoms with Gasteiger partial charge in [0.05, 0.1) is 0 Å². The average Bonchev–Trinajstić information content (AvgIpc) is 2.26. The highest BCUT2D eigenvalue weighted by atomic mass is 28.2. The summed E-state index contributed by atoms with van der Waals surface area (Å²) in [5.74, 6) is 0. The number of hydrogen-bond acceptors (Lipinski definition) is 3. The van der Waals surface area contributed by atoms with Crippen LogP contribution in [0.1, 0.15) is 48.5 Å². The highest BCUT2D eigenvalue weighted by Crippen LogP contribution is 2.19. The van der Waals surface area contributed by atoms with Crippen LogP contribution in [-0.2, 0) is 0 Å². The van der Waals surface area contributed by atoms with Crippen molar-refractivity contribution in [1.29, 1.82) is 0 Å². The van der Waals surface area contributed by atoms with Gasteiger partial charge in [-0.15, -0.1) is 0 Å². The van der Waals surface area contributed by atoms with Gasteiger partial charge in [0.15, 0.2) is 0 Å². The van der Waals surface area contributed by atoms with E-state index in [1.807, 2.05) is 0 Å². The molecule has 17 heavy (non-hydrogen) atoms. The Morgan fingerprint density at radius 3 is 1.47 bits per heavy atom. The van der Waals surface area contributed by atoms with Crippen LogP contribution in [0.3, 0.4) is 0 Å². The quantitative estimate of drug-likeness (QED) is 0.530. The zero-order valence-corrected chi connectivity index (χ0v) is 14.4. The second-order valence-corrected chi connectivity index (χ2v) is 8.64. The van der Waals surface area contributed by atoms with Gasteiger partial charge in [-0.05, 0) is 31.2 Å². The van der Waals surface area contributed by atoms with E-state index in [-0.39, 0.29) is 9.68 Å². The minimum atomic E-state index is -0.254.